The number of nitrogens with one attached hydrogen (secondary N) is 1. The van der Waals surface area contributed by atoms with Crippen LogP contribution >= 0.6 is 11.8 Å². The molecule has 2 aromatic carbocycles. The van der Waals surface area contributed by atoms with Crippen LogP contribution in [0.25, 0.3) is 0 Å². The third-order valence-electron chi connectivity index (χ3n) is 2.99. The van der Waals surface area contributed by atoms with E-state index >= 15 is 0 Å². The van der Waals surface area contributed by atoms with Crippen molar-refractivity contribution < 1.29 is 9.90 Å². The summed E-state index contributed by atoms with van der Waals surface area (Å²) in [6, 6.07) is 15.4. The summed E-state index contributed by atoms with van der Waals surface area (Å²) in [4.78, 5) is 12.1. The second-order valence-corrected chi connectivity index (χ2v) is 5.34. The fraction of sp³-hybridized carbons (Fsp3) is 0.188. The lowest BCUT2D eigenvalue weighted by Gasteiger charge is -2.06. The number of benzene rings is 2. The maximum absolute atomic E-state index is 10.9. The highest BCUT2D eigenvalue weighted by molar-refractivity contribution is 7.98. The standard InChI is InChI=1S/C16H17NO2S/c1-20-15-7-5-12(6-8-15)10-17-11-13-3-2-4-14(9-13)16(18)19/h2-9,17H,10-11H2,1H3,(H,18,19). The first-order valence-corrected chi connectivity index (χ1v) is 7.57. The van der Waals surface area contributed by atoms with Gasteiger partial charge < -0.3 is 10.4 Å². The molecule has 0 aromatic heterocycles. The predicted molar refractivity (Wildman–Crippen MR) is 82.2 cm³/mol. The first-order valence-electron chi connectivity index (χ1n) is 6.35. The molecule has 0 heterocycles. The Kier molecular flexibility index (Phi) is 5.21. The van der Waals surface area contributed by atoms with Crippen molar-refractivity contribution in [3.05, 3.63) is 65.2 Å². The molecule has 0 atom stereocenters. The molecular formula is C16H17NO2S. The van der Waals surface area contributed by atoms with Gasteiger partial charge in [0.05, 0.1) is 5.56 Å². The molecule has 0 amide bonds. The van der Waals surface area contributed by atoms with E-state index in [1.165, 1.54) is 10.5 Å². The zero-order chi connectivity index (χ0) is 14.4. The molecule has 0 unspecified atom stereocenters. The molecule has 0 saturated carbocycles. The lowest BCUT2D eigenvalue weighted by atomic mass is 10.1. The van der Waals surface area contributed by atoms with Crippen molar-refractivity contribution in [1.29, 1.82) is 0 Å². The van der Waals surface area contributed by atoms with E-state index in [2.05, 4.69) is 35.8 Å². The normalized spacial score (nSPS) is 10.4. The molecule has 20 heavy (non-hydrogen) atoms. The summed E-state index contributed by atoms with van der Waals surface area (Å²) in [6.45, 7) is 1.43. The molecule has 0 bridgehead atoms. The molecule has 0 aliphatic heterocycles. The lowest BCUT2D eigenvalue weighted by molar-refractivity contribution is 0.0696. The summed E-state index contributed by atoms with van der Waals surface area (Å²) in [7, 11) is 0. The Hall–Kier alpha value is -1.78. The number of aromatic carboxylic acids is 1. The third kappa shape index (κ3) is 4.11. The van der Waals surface area contributed by atoms with Crippen LogP contribution < -0.4 is 5.32 Å². The van der Waals surface area contributed by atoms with Gasteiger partial charge in [-0.05, 0) is 41.6 Å². The second-order valence-electron chi connectivity index (χ2n) is 4.46. The van der Waals surface area contributed by atoms with Crippen molar-refractivity contribution in [2.24, 2.45) is 0 Å². The van der Waals surface area contributed by atoms with Crippen LogP contribution in [-0.2, 0) is 13.1 Å². The zero-order valence-corrected chi connectivity index (χ0v) is 12.1. The van der Waals surface area contributed by atoms with Gasteiger partial charge in [0.15, 0.2) is 0 Å². The minimum absolute atomic E-state index is 0.327. The largest absolute Gasteiger partial charge is 0.478 e. The van der Waals surface area contributed by atoms with Crippen molar-refractivity contribution in [3.8, 4) is 0 Å². The Morgan fingerprint density at radius 3 is 2.45 bits per heavy atom. The Balaban J connectivity index is 1.88. The van der Waals surface area contributed by atoms with Gasteiger partial charge in [-0.1, -0.05) is 24.3 Å². The molecule has 3 nitrogen and oxygen atoms in total. The average molecular weight is 287 g/mol. The van der Waals surface area contributed by atoms with Crippen LogP contribution in [0.1, 0.15) is 21.5 Å². The molecule has 104 valence electrons. The summed E-state index contributed by atoms with van der Waals surface area (Å²) in [5.41, 5.74) is 2.52. The average Bonchev–Trinajstić information content (AvgIpc) is 2.48. The van der Waals surface area contributed by atoms with Gasteiger partial charge in [-0.25, -0.2) is 4.79 Å². The summed E-state index contributed by atoms with van der Waals surface area (Å²) in [5.74, 6) is -0.889. The lowest BCUT2D eigenvalue weighted by Crippen LogP contribution is -2.13. The Bertz CT molecular complexity index is 581. The Morgan fingerprint density at radius 1 is 1.10 bits per heavy atom. The van der Waals surface area contributed by atoms with Crippen LogP contribution in [0.2, 0.25) is 0 Å². The van der Waals surface area contributed by atoms with Crippen LogP contribution in [-0.4, -0.2) is 17.3 Å². The monoisotopic (exact) mass is 287 g/mol. The van der Waals surface area contributed by atoms with Gasteiger partial charge in [0, 0.05) is 18.0 Å². The molecule has 2 rings (SSSR count). The van der Waals surface area contributed by atoms with Crippen LogP contribution in [0, 0.1) is 0 Å². The minimum atomic E-state index is -0.889. The number of carboxylic acids is 1. The number of thioether (sulfide) groups is 1. The Labute approximate surface area is 123 Å². The van der Waals surface area contributed by atoms with Gasteiger partial charge >= 0.3 is 5.97 Å². The first kappa shape index (κ1) is 14.6. The topological polar surface area (TPSA) is 49.3 Å². The highest BCUT2D eigenvalue weighted by Crippen LogP contribution is 2.14. The van der Waals surface area contributed by atoms with Crippen molar-refractivity contribution in [1.82, 2.24) is 5.32 Å². The number of hydrogen-bond donors (Lipinski definition) is 2. The quantitative estimate of drug-likeness (QED) is 0.800. The fourth-order valence-electron chi connectivity index (χ4n) is 1.91. The van der Waals surface area contributed by atoms with E-state index < -0.39 is 5.97 Å². The van der Waals surface area contributed by atoms with Gasteiger partial charge in [-0.3, -0.25) is 0 Å². The summed E-state index contributed by atoms with van der Waals surface area (Å²) < 4.78 is 0. The smallest absolute Gasteiger partial charge is 0.335 e. The minimum Gasteiger partial charge on any atom is -0.478 e. The van der Waals surface area contributed by atoms with Gasteiger partial charge in [0.25, 0.3) is 0 Å². The second kappa shape index (κ2) is 7.12. The molecule has 0 fully saturated rings. The van der Waals surface area contributed by atoms with E-state index in [0.717, 1.165) is 12.1 Å². The van der Waals surface area contributed by atoms with Gasteiger partial charge in [0.2, 0.25) is 0 Å². The van der Waals surface area contributed by atoms with Crippen LogP contribution in [0.15, 0.2) is 53.4 Å². The molecule has 0 radical (unpaired) electrons. The molecule has 0 saturated heterocycles. The van der Waals surface area contributed by atoms with Crippen LogP contribution in [0.5, 0.6) is 0 Å². The van der Waals surface area contributed by atoms with Gasteiger partial charge in [-0.2, -0.15) is 0 Å². The first-order chi connectivity index (χ1) is 9.69. The van der Waals surface area contributed by atoms with E-state index in [0.29, 0.717) is 12.1 Å². The van der Waals surface area contributed by atoms with E-state index in [1.807, 2.05) is 6.07 Å². The van der Waals surface area contributed by atoms with Crippen LogP contribution in [0.3, 0.4) is 0 Å². The van der Waals surface area contributed by atoms with E-state index in [4.69, 9.17) is 5.11 Å². The predicted octanol–water partition coefficient (Wildman–Crippen LogP) is 3.40. The third-order valence-corrected chi connectivity index (χ3v) is 3.73. The van der Waals surface area contributed by atoms with E-state index in [-0.39, 0.29) is 0 Å². The maximum atomic E-state index is 10.9. The molecule has 0 aliphatic carbocycles. The van der Waals surface area contributed by atoms with E-state index in [9.17, 15) is 4.79 Å². The summed E-state index contributed by atoms with van der Waals surface area (Å²) in [5, 5.41) is 12.3. The number of carbonyl (C=O) groups is 1. The number of rotatable bonds is 6. The Morgan fingerprint density at radius 2 is 1.80 bits per heavy atom. The molecule has 2 aromatic rings. The van der Waals surface area contributed by atoms with Crippen LogP contribution in [0.4, 0.5) is 0 Å². The summed E-state index contributed by atoms with van der Waals surface area (Å²) >= 11 is 1.73. The molecular weight excluding hydrogens is 270 g/mol. The van der Waals surface area contributed by atoms with Crippen molar-refractivity contribution in [3.63, 3.8) is 0 Å². The zero-order valence-electron chi connectivity index (χ0n) is 11.3. The highest BCUT2D eigenvalue weighted by atomic mass is 32.2. The molecule has 0 spiro atoms. The van der Waals surface area contributed by atoms with Gasteiger partial charge in [-0.15, -0.1) is 11.8 Å². The van der Waals surface area contributed by atoms with Crippen molar-refractivity contribution in [2.45, 2.75) is 18.0 Å². The van der Waals surface area contributed by atoms with E-state index in [1.54, 1.807) is 30.0 Å². The maximum Gasteiger partial charge on any atom is 0.335 e. The van der Waals surface area contributed by atoms with Gasteiger partial charge in [0.1, 0.15) is 0 Å². The molecule has 2 N–H and O–H groups in total. The number of hydrogen-bond acceptors (Lipinski definition) is 3. The van der Waals surface area contributed by atoms with Crippen molar-refractivity contribution in [2.75, 3.05) is 6.26 Å². The summed E-state index contributed by atoms with van der Waals surface area (Å²) in [6.07, 6.45) is 2.06. The fourth-order valence-corrected chi connectivity index (χ4v) is 2.32. The SMILES string of the molecule is CSc1ccc(CNCc2cccc(C(=O)O)c2)cc1. The number of carboxylic acid groups (broad SMARTS) is 1. The highest BCUT2D eigenvalue weighted by Gasteiger charge is 2.02. The molecule has 0 aliphatic rings. The van der Waals surface area contributed by atoms with Crippen molar-refractivity contribution >= 4 is 17.7 Å². The molecule has 4 heteroatoms.